The molecule has 0 aromatic carbocycles. The third-order valence-corrected chi connectivity index (χ3v) is 1.76. The maximum atomic E-state index is 9.38. The van der Waals surface area contributed by atoms with E-state index in [0.29, 0.717) is 16.8 Å². The molecule has 1 heterocycles. The van der Waals surface area contributed by atoms with E-state index in [1.165, 1.54) is 6.20 Å². The van der Waals surface area contributed by atoms with Crippen LogP contribution in [0.1, 0.15) is 18.2 Å². The van der Waals surface area contributed by atoms with Gasteiger partial charge in [-0.1, -0.05) is 0 Å². The maximum absolute atomic E-state index is 9.38. The second-order valence-corrected chi connectivity index (χ2v) is 2.51. The molecule has 0 aliphatic heterocycles. The number of hydrogen-bond donors (Lipinski definition) is 3. The standard InChI is InChI=1S/C8H11NO3.K.H/c1-5-8(12)7(4-11)6(3-10)2-9-5;;/h2,10-12H,3-4H2,1H3;;/q;+1;-1. The molecule has 0 saturated carbocycles. The Morgan fingerprint density at radius 2 is 2.00 bits per heavy atom. The number of aliphatic hydroxyl groups excluding tert-OH is 2. The second-order valence-electron chi connectivity index (χ2n) is 2.51. The molecule has 4 nitrogen and oxygen atoms in total. The minimum Gasteiger partial charge on any atom is -1.00 e. The van der Waals surface area contributed by atoms with E-state index >= 15 is 0 Å². The maximum Gasteiger partial charge on any atom is 1.00 e. The number of rotatable bonds is 2. The van der Waals surface area contributed by atoms with Crippen molar-refractivity contribution in [2.24, 2.45) is 0 Å². The summed E-state index contributed by atoms with van der Waals surface area (Å²) in [6, 6.07) is 0. The Morgan fingerprint density at radius 3 is 2.46 bits per heavy atom. The van der Waals surface area contributed by atoms with Crippen molar-refractivity contribution in [3.05, 3.63) is 23.0 Å². The monoisotopic (exact) mass is 209 g/mol. The molecule has 1 aromatic rings. The SMILES string of the molecule is Cc1ncc(CO)c(CO)c1O.[H-].[K+]. The number of aromatic nitrogens is 1. The van der Waals surface area contributed by atoms with Crippen LogP contribution in [-0.4, -0.2) is 20.3 Å². The quantitative estimate of drug-likeness (QED) is 0.460. The van der Waals surface area contributed by atoms with Gasteiger partial charge in [-0.15, -0.1) is 0 Å². The molecule has 0 bridgehead atoms. The summed E-state index contributed by atoms with van der Waals surface area (Å²) in [4.78, 5) is 3.84. The molecular weight excluding hydrogens is 197 g/mol. The van der Waals surface area contributed by atoms with Crippen LogP contribution in [0.3, 0.4) is 0 Å². The third-order valence-electron chi connectivity index (χ3n) is 1.76. The molecule has 0 aliphatic rings. The Morgan fingerprint density at radius 1 is 1.38 bits per heavy atom. The van der Waals surface area contributed by atoms with E-state index in [1.807, 2.05) is 0 Å². The predicted molar refractivity (Wildman–Crippen MR) is 43.6 cm³/mol. The first-order valence-electron chi connectivity index (χ1n) is 3.58. The molecule has 0 amide bonds. The molecule has 1 aromatic heterocycles. The van der Waals surface area contributed by atoms with Crippen molar-refractivity contribution in [3.8, 4) is 5.75 Å². The molecule has 0 fully saturated rings. The minimum atomic E-state index is -0.287. The van der Waals surface area contributed by atoms with Gasteiger partial charge in [0.1, 0.15) is 5.75 Å². The van der Waals surface area contributed by atoms with Crippen LogP contribution < -0.4 is 51.4 Å². The average molecular weight is 209 g/mol. The zero-order valence-electron chi connectivity index (χ0n) is 8.78. The molecule has 0 atom stereocenters. The summed E-state index contributed by atoms with van der Waals surface area (Å²) >= 11 is 0. The summed E-state index contributed by atoms with van der Waals surface area (Å²) in [5, 5.41) is 27.0. The number of aromatic hydroxyl groups is 1. The summed E-state index contributed by atoms with van der Waals surface area (Å²) < 4.78 is 0. The average Bonchev–Trinajstić information content (AvgIpc) is 2.09. The number of aliphatic hydroxyl groups is 2. The molecule has 3 N–H and O–H groups in total. The van der Waals surface area contributed by atoms with Crippen molar-refractivity contribution in [1.82, 2.24) is 4.98 Å². The van der Waals surface area contributed by atoms with Crippen LogP contribution in [0.5, 0.6) is 5.75 Å². The first-order valence-corrected chi connectivity index (χ1v) is 3.58. The van der Waals surface area contributed by atoms with Crippen LogP contribution in [-0.2, 0) is 13.2 Å². The van der Waals surface area contributed by atoms with E-state index in [2.05, 4.69) is 4.98 Å². The van der Waals surface area contributed by atoms with Crippen LogP contribution in [0.25, 0.3) is 0 Å². The molecule has 0 spiro atoms. The Labute approximate surface area is 121 Å². The largest absolute Gasteiger partial charge is 1.00 e. The first kappa shape index (κ1) is 13.5. The Hall–Kier alpha value is 0.506. The fourth-order valence-electron chi connectivity index (χ4n) is 0.997. The van der Waals surface area contributed by atoms with Crippen LogP contribution in [0.2, 0.25) is 0 Å². The Balaban J connectivity index is 0. The molecule has 0 aliphatic carbocycles. The molecule has 1 rings (SSSR count). The molecule has 68 valence electrons. The number of aryl methyl sites for hydroxylation is 1. The predicted octanol–water partition coefficient (Wildman–Crippen LogP) is -2.80. The van der Waals surface area contributed by atoms with Gasteiger partial charge >= 0.3 is 51.4 Å². The van der Waals surface area contributed by atoms with Crippen molar-refractivity contribution in [2.75, 3.05) is 0 Å². The molecule has 5 heteroatoms. The van der Waals surface area contributed by atoms with Crippen LogP contribution in [0.15, 0.2) is 6.20 Å². The zero-order valence-corrected chi connectivity index (χ0v) is 10.9. The number of nitrogens with zero attached hydrogens (tertiary/aromatic N) is 1. The summed E-state index contributed by atoms with van der Waals surface area (Å²) in [5.41, 5.74) is 1.27. The van der Waals surface area contributed by atoms with Gasteiger partial charge in [-0.05, 0) is 6.92 Å². The smallest absolute Gasteiger partial charge is 1.00 e. The van der Waals surface area contributed by atoms with Gasteiger partial charge in [0.2, 0.25) is 0 Å². The van der Waals surface area contributed by atoms with Crippen molar-refractivity contribution in [1.29, 1.82) is 0 Å². The van der Waals surface area contributed by atoms with Crippen molar-refractivity contribution < 1.29 is 68.1 Å². The summed E-state index contributed by atoms with van der Waals surface area (Å²) in [5.74, 6) is -0.0379. The summed E-state index contributed by atoms with van der Waals surface area (Å²) in [6.07, 6.45) is 1.45. The molecule has 0 unspecified atom stereocenters. The summed E-state index contributed by atoms with van der Waals surface area (Å²) in [6.45, 7) is 1.12. The Bertz CT molecular complexity index is 296. The van der Waals surface area contributed by atoms with Gasteiger partial charge in [-0.2, -0.15) is 0 Å². The normalized spacial score (nSPS) is 9.46. The first-order chi connectivity index (χ1) is 5.70. The van der Waals surface area contributed by atoms with Gasteiger partial charge in [0.25, 0.3) is 0 Å². The molecule has 0 radical (unpaired) electrons. The minimum absolute atomic E-state index is 0. The van der Waals surface area contributed by atoms with Crippen molar-refractivity contribution in [2.45, 2.75) is 20.1 Å². The fraction of sp³-hybridized carbons (Fsp3) is 0.375. The van der Waals surface area contributed by atoms with Gasteiger partial charge in [0.05, 0.1) is 18.9 Å². The van der Waals surface area contributed by atoms with Crippen molar-refractivity contribution in [3.63, 3.8) is 0 Å². The fourth-order valence-corrected chi connectivity index (χ4v) is 0.997. The van der Waals surface area contributed by atoms with Gasteiger partial charge < -0.3 is 16.7 Å². The third kappa shape index (κ3) is 2.98. The molecule has 0 saturated heterocycles. The van der Waals surface area contributed by atoms with Gasteiger partial charge in [-0.25, -0.2) is 0 Å². The van der Waals surface area contributed by atoms with Gasteiger partial charge in [-0.3, -0.25) is 4.98 Å². The van der Waals surface area contributed by atoms with E-state index < -0.39 is 0 Å². The topological polar surface area (TPSA) is 73.6 Å². The van der Waals surface area contributed by atoms with E-state index in [-0.39, 0.29) is 71.8 Å². The van der Waals surface area contributed by atoms with E-state index in [4.69, 9.17) is 10.2 Å². The summed E-state index contributed by atoms with van der Waals surface area (Å²) in [7, 11) is 0. The van der Waals surface area contributed by atoms with E-state index in [1.54, 1.807) is 6.92 Å². The molecule has 13 heavy (non-hydrogen) atoms. The van der Waals surface area contributed by atoms with E-state index in [0.717, 1.165) is 0 Å². The number of hydrogen-bond acceptors (Lipinski definition) is 4. The van der Waals surface area contributed by atoms with Crippen molar-refractivity contribution >= 4 is 0 Å². The number of pyridine rings is 1. The zero-order chi connectivity index (χ0) is 9.14. The Kier molecular flexibility index (Phi) is 6.31. The van der Waals surface area contributed by atoms with Crippen LogP contribution >= 0.6 is 0 Å². The van der Waals surface area contributed by atoms with Gasteiger partial charge in [0, 0.05) is 17.3 Å². The second kappa shape index (κ2) is 6.08. The molecular formula is C8H12KNO3. The van der Waals surface area contributed by atoms with Crippen LogP contribution in [0, 0.1) is 6.92 Å². The van der Waals surface area contributed by atoms with Crippen LogP contribution in [0.4, 0.5) is 0 Å². The van der Waals surface area contributed by atoms with E-state index in [9.17, 15) is 5.11 Å². The van der Waals surface area contributed by atoms with Gasteiger partial charge in [0.15, 0.2) is 0 Å².